The van der Waals surface area contributed by atoms with E-state index in [-0.39, 0.29) is 29.8 Å². The second kappa shape index (κ2) is 5.64. The zero-order chi connectivity index (χ0) is 14.9. The predicted molar refractivity (Wildman–Crippen MR) is 77.5 cm³/mol. The minimum atomic E-state index is -0.226. The van der Waals surface area contributed by atoms with Gasteiger partial charge in [0.1, 0.15) is 5.82 Å². The van der Waals surface area contributed by atoms with E-state index in [2.05, 4.69) is 5.32 Å². The summed E-state index contributed by atoms with van der Waals surface area (Å²) in [5.74, 6) is -0.0238. The minimum absolute atomic E-state index is 0.0753. The highest BCUT2D eigenvalue weighted by atomic mass is 19.1. The first-order chi connectivity index (χ1) is 10.1. The third-order valence-corrected chi connectivity index (χ3v) is 4.70. The average molecular weight is 292 g/mol. The molecule has 1 saturated heterocycles. The van der Waals surface area contributed by atoms with Gasteiger partial charge < -0.3 is 15.3 Å². The second-order valence-electron chi connectivity index (χ2n) is 6.23. The van der Waals surface area contributed by atoms with Gasteiger partial charge in [0.05, 0.1) is 0 Å². The van der Waals surface area contributed by atoms with E-state index in [1.807, 2.05) is 6.07 Å². The van der Waals surface area contributed by atoms with Crippen molar-refractivity contribution < 1.29 is 14.3 Å². The van der Waals surface area contributed by atoms with Gasteiger partial charge in [-0.15, -0.1) is 0 Å². The van der Waals surface area contributed by atoms with Gasteiger partial charge in [0.2, 0.25) is 0 Å². The standard InChI is InChI=1S/C16H21FN2O2/c17-14-3-1-2-13(8-14)16(5-6-16)11-18-15(21)19-7-4-12(9-19)10-20/h1-3,8,12,20H,4-7,9-11H2,(H,18,21). The number of aliphatic hydroxyl groups excluding tert-OH is 1. The normalized spacial score (nSPS) is 23.1. The van der Waals surface area contributed by atoms with Gasteiger partial charge in [-0.3, -0.25) is 0 Å². The molecule has 21 heavy (non-hydrogen) atoms. The van der Waals surface area contributed by atoms with E-state index in [1.54, 1.807) is 17.0 Å². The van der Waals surface area contributed by atoms with Gasteiger partial charge in [-0.25, -0.2) is 9.18 Å². The molecule has 1 unspecified atom stereocenters. The van der Waals surface area contributed by atoms with Crippen LogP contribution in [0.25, 0.3) is 0 Å². The molecule has 114 valence electrons. The summed E-state index contributed by atoms with van der Waals surface area (Å²) in [5.41, 5.74) is 0.880. The van der Waals surface area contributed by atoms with Crippen LogP contribution in [-0.4, -0.2) is 42.3 Å². The molecule has 0 spiro atoms. The van der Waals surface area contributed by atoms with Gasteiger partial charge >= 0.3 is 6.03 Å². The van der Waals surface area contributed by atoms with Gasteiger partial charge in [0.25, 0.3) is 0 Å². The summed E-state index contributed by atoms with van der Waals surface area (Å²) in [7, 11) is 0. The third-order valence-electron chi connectivity index (χ3n) is 4.70. The fourth-order valence-electron chi connectivity index (χ4n) is 3.06. The molecular formula is C16H21FN2O2. The molecule has 0 bridgehead atoms. The molecule has 0 radical (unpaired) electrons. The lowest BCUT2D eigenvalue weighted by Gasteiger charge is -2.21. The molecule has 1 atom stereocenters. The summed E-state index contributed by atoms with van der Waals surface area (Å²) in [6.45, 7) is 2.01. The van der Waals surface area contributed by atoms with Gasteiger partial charge in [0.15, 0.2) is 0 Å². The number of urea groups is 1. The number of benzene rings is 1. The molecule has 2 fully saturated rings. The Bertz CT molecular complexity index is 531. The largest absolute Gasteiger partial charge is 0.396 e. The number of amides is 2. The fourth-order valence-corrected chi connectivity index (χ4v) is 3.06. The van der Waals surface area contributed by atoms with E-state index < -0.39 is 0 Å². The molecule has 1 saturated carbocycles. The second-order valence-corrected chi connectivity index (χ2v) is 6.23. The van der Waals surface area contributed by atoms with Crippen molar-refractivity contribution in [1.82, 2.24) is 10.2 Å². The Morgan fingerprint density at radius 3 is 2.90 bits per heavy atom. The zero-order valence-corrected chi connectivity index (χ0v) is 12.0. The summed E-state index contributed by atoms with van der Waals surface area (Å²) in [6, 6.07) is 6.58. The van der Waals surface area contributed by atoms with Crippen LogP contribution in [-0.2, 0) is 5.41 Å². The molecule has 2 aliphatic rings. The summed E-state index contributed by atoms with van der Waals surface area (Å²) in [6.07, 6.45) is 2.82. The monoisotopic (exact) mass is 292 g/mol. The lowest BCUT2D eigenvalue weighted by Crippen LogP contribution is -2.42. The number of carbonyl (C=O) groups is 1. The summed E-state index contributed by atoms with van der Waals surface area (Å²) >= 11 is 0. The Morgan fingerprint density at radius 1 is 1.48 bits per heavy atom. The van der Waals surface area contributed by atoms with E-state index in [9.17, 15) is 9.18 Å². The number of halogens is 1. The smallest absolute Gasteiger partial charge is 0.317 e. The Labute approximate surface area is 124 Å². The van der Waals surface area contributed by atoms with Crippen molar-refractivity contribution in [2.75, 3.05) is 26.2 Å². The van der Waals surface area contributed by atoms with Crippen LogP contribution in [0.2, 0.25) is 0 Å². The quantitative estimate of drug-likeness (QED) is 0.890. The number of nitrogens with one attached hydrogen (secondary N) is 1. The summed E-state index contributed by atoms with van der Waals surface area (Å²) in [4.78, 5) is 13.9. The fraction of sp³-hybridized carbons (Fsp3) is 0.562. The average Bonchev–Trinajstić information content (AvgIpc) is 3.13. The molecule has 2 amide bonds. The number of aliphatic hydroxyl groups is 1. The van der Waals surface area contributed by atoms with E-state index in [0.29, 0.717) is 19.6 Å². The number of rotatable bonds is 4. The molecule has 0 aromatic heterocycles. The van der Waals surface area contributed by atoms with Crippen molar-refractivity contribution in [3.05, 3.63) is 35.6 Å². The molecule has 1 heterocycles. The Hall–Kier alpha value is -1.62. The van der Waals surface area contributed by atoms with Crippen LogP contribution >= 0.6 is 0 Å². The highest BCUT2D eigenvalue weighted by molar-refractivity contribution is 5.74. The summed E-state index contributed by atoms with van der Waals surface area (Å²) in [5, 5.41) is 12.1. The molecular weight excluding hydrogens is 271 g/mol. The third kappa shape index (κ3) is 3.02. The number of carbonyl (C=O) groups excluding carboxylic acids is 1. The zero-order valence-electron chi connectivity index (χ0n) is 12.0. The summed E-state index contributed by atoms with van der Waals surface area (Å²) < 4.78 is 13.3. The maximum atomic E-state index is 13.3. The topological polar surface area (TPSA) is 52.6 Å². The van der Waals surface area contributed by atoms with E-state index in [4.69, 9.17) is 5.11 Å². The van der Waals surface area contributed by atoms with Crippen LogP contribution < -0.4 is 5.32 Å². The van der Waals surface area contributed by atoms with E-state index >= 15 is 0 Å². The van der Waals surface area contributed by atoms with Crippen LogP contribution in [0.15, 0.2) is 24.3 Å². The lowest BCUT2D eigenvalue weighted by molar-refractivity contribution is 0.197. The molecule has 4 nitrogen and oxygen atoms in total. The predicted octanol–water partition coefficient (Wildman–Crippen LogP) is 1.88. The van der Waals surface area contributed by atoms with Crippen LogP contribution in [0.4, 0.5) is 9.18 Å². The number of nitrogens with zero attached hydrogens (tertiary/aromatic N) is 1. The first-order valence-electron chi connectivity index (χ1n) is 7.53. The Morgan fingerprint density at radius 2 is 2.29 bits per heavy atom. The van der Waals surface area contributed by atoms with Crippen molar-refractivity contribution >= 4 is 6.03 Å². The lowest BCUT2D eigenvalue weighted by atomic mass is 9.96. The van der Waals surface area contributed by atoms with Gasteiger partial charge in [-0.2, -0.15) is 0 Å². The molecule has 1 aromatic rings. The Balaban J connectivity index is 1.56. The van der Waals surface area contributed by atoms with Gasteiger partial charge in [-0.05, 0) is 37.0 Å². The molecule has 1 aliphatic heterocycles. The molecule has 3 rings (SSSR count). The highest BCUT2D eigenvalue weighted by Gasteiger charge is 2.44. The SMILES string of the molecule is O=C(NCC1(c2cccc(F)c2)CC1)N1CCC(CO)C1. The maximum absolute atomic E-state index is 13.3. The van der Waals surface area contributed by atoms with Crippen molar-refractivity contribution in [2.45, 2.75) is 24.7 Å². The molecule has 1 aliphatic carbocycles. The Kier molecular flexibility index (Phi) is 3.85. The van der Waals surface area contributed by atoms with Crippen LogP contribution in [0, 0.1) is 11.7 Å². The van der Waals surface area contributed by atoms with Crippen LogP contribution in [0.1, 0.15) is 24.8 Å². The van der Waals surface area contributed by atoms with Crippen molar-refractivity contribution in [1.29, 1.82) is 0 Å². The molecule has 2 N–H and O–H groups in total. The van der Waals surface area contributed by atoms with Crippen LogP contribution in [0.5, 0.6) is 0 Å². The first kappa shape index (κ1) is 14.3. The van der Waals surface area contributed by atoms with Crippen molar-refractivity contribution in [3.63, 3.8) is 0 Å². The minimum Gasteiger partial charge on any atom is -0.396 e. The number of hydrogen-bond acceptors (Lipinski definition) is 2. The maximum Gasteiger partial charge on any atom is 0.317 e. The van der Waals surface area contributed by atoms with Crippen molar-refractivity contribution in [3.8, 4) is 0 Å². The highest BCUT2D eigenvalue weighted by Crippen LogP contribution is 2.47. The van der Waals surface area contributed by atoms with E-state index in [0.717, 1.165) is 24.8 Å². The van der Waals surface area contributed by atoms with E-state index in [1.165, 1.54) is 6.07 Å². The molecule has 5 heteroatoms. The van der Waals surface area contributed by atoms with Gasteiger partial charge in [-0.1, -0.05) is 12.1 Å². The van der Waals surface area contributed by atoms with Crippen LogP contribution in [0.3, 0.4) is 0 Å². The molecule has 1 aromatic carbocycles. The van der Waals surface area contributed by atoms with Gasteiger partial charge in [0, 0.05) is 37.6 Å². The number of hydrogen-bond donors (Lipinski definition) is 2. The number of likely N-dealkylation sites (tertiary alicyclic amines) is 1. The first-order valence-corrected chi connectivity index (χ1v) is 7.53. The van der Waals surface area contributed by atoms with Crippen molar-refractivity contribution in [2.24, 2.45) is 5.92 Å².